The van der Waals surface area contributed by atoms with Gasteiger partial charge in [0.1, 0.15) is 11.9 Å². The van der Waals surface area contributed by atoms with Gasteiger partial charge in [-0.15, -0.1) is 0 Å². The number of ether oxygens (including phenoxy) is 2. The van der Waals surface area contributed by atoms with Crippen molar-refractivity contribution in [2.45, 2.75) is 38.4 Å². The van der Waals surface area contributed by atoms with Gasteiger partial charge < -0.3 is 20.1 Å². The van der Waals surface area contributed by atoms with Crippen molar-refractivity contribution < 1.29 is 14.3 Å². The number of rotatable bonds is 6. The number of benzene rings is 1. The first-order valence-electron chi connectivity index (χ1n) is 8.16. The van der Waals surface area contributed by atoms with Gasteiger partial charge in [-0.05, 0) is 37.5 Å². The molecule has 5 nitrogen and oxygen atoms in total. The van der Waals surface area contributed by atoms with Gasteiger partial charge in [0.25, 0.3) is 0 Å². The summed E-state index contributed by atoms with van der Waals surface area (Å²) in [7, 11) is 0. The number of ketones is 1. The summed E-state index contributed by atoms with van der Waals surface area (Å²) in [6.45, 7) is 4.83. The summed E-state index contributed by atoms with van der Waals surface area (Å²) < 4.78 is 11.4. The van der Waals surface area contributed by atoms with Gasteiger partial charge in [-0.3, -0.25) is 4.79 Å². The molecular formula is C17H24N2O3. The molecule has 120 valence electrons. The van der Waals surface area contributed by atoms with Crippen molar-refractivity contribution in [1.29, 1.82) is 0 Å². The Balaban J connectivity index is 1.54. The van der Waals surface area contributed by atoms with E-state index in [4.69, 9.17) is 9.47 Å². The average molecular weight is 304 g/mol. The topological polar surface area (TPSA) is 59.6 Å². The summed E-state index contributed by atoms with van der Waals surface area (Å²) in [5, 5.41) is 6.54. The number of anilines is 1. The lowest BCUT2D eigenvalue weighted by Crippen LogP contribution is -2.31. The molecule has 0 bridgehead atoms. The molecule has 1 aromatic rings. The molecule has 5 heteroatoms. The second-order valence-corrected chi connectivity index (χ2v) is 5.93. The first-order chi connectivity index (χ1) is 10.8. The van der Waals surface area contributed by atoms with E-state index in [0.29, 0.717) is 12.1 Å². The monoisotopic (exact) mass is 304 g/mol. The Labute approximate surface area is 131 Å². The molecule has 0 saturated carbocycles. The van der Waals surface area contributed by atoms with Crippen molar-refractivity contribution in [2.75, 3.05) is 31.6 Å². The smallest absolute Gasteiger partial charge is 0.176 e. The van der Waals surface area contributed by atoms with Crippen LogP contribution in [0.3, 0.4) is 0 Å². The van der Waals surface area contributed by atoms with Gasteiger partial charge >= 0.3 is 0 Å². The van der Waals surface area contributed by atoms with Crippen LogP contribution < -0.4 is 15.4 Å². The maximum atomic E-state index is 12.3. The first-order valence-corrected chi connectivity index (χ1v) is 8.16. The largest absolute Gasteiger partial charge is 0.486 e. The lowest BCUT2D eigenvalue weighted by molar-refractivity contribution is 0.0955. The first kappa shape index (κ1) is 15.3. The van der Waals surface area contributed by atoms with Crippen molar-refractivity contribution >= 4 is 11.5 Å². The molecule has 2 aliphatic rings. The molecule has 2 aliphatic heterocycles. The summed E-state index contributed by atoms with van der Waals surface area (Å²) >= 11 is 0. The van der Waals surface area contributed by atoms with Crippen molar-refractivity contribution in [2.24, 2.45) is 0 Å². The standard InChI is InChI=1S/C17H24N2O3/c1-2-13-10-19-15-8-12(5-6-17(15)22-13)16(20)11-18-9-14-4-3-7-21-14/h5-6,8,13-14,18-19H,2-4,7,9-11H2,1H3. The van der Waals surface area contributed by atoms with Crippen LogP contribution in [0.1, 0.15) is 36.5 Å². The van der Waals surface area contributed by atoms with Crippen LogP contribution in [0, 0.1) is 0 Å². The molecule has 2 unspecified atom stereocenters. The number of fused-ring (bicyclic) bond motifs is 1. The number of hydrogen-bond acceptors (Lipinski definition) is 5. The molecule has 0 aromatic heterocycles. The number of Topliss-reactive ketones (excluding diaryl/α,β-unsaturated/α-hetero) is 1. The summed E-state index contributed by atoms with van der Waals surface area (Å²) in [5.41, 5.74) is 1.62. The van der Waals surface area contributed by atoms with E-state index in [0.717, 1.165) is 50.4 Å². The normalized spacial score (nSPS) is 23.5. The third-order valence-electron chi connectivity index (χ3n) is 4.25. The van der Waals surface area contributed by atoms with Gasteiger partial charge in [0.05, 0.1) is 24.9 Å². The van der Waals surface area contributed by atoms with Crippen LogP contribution in [-0.4, -0.2) is 44.2 Å². The Hall–Kier alpha value is -1.59. The van der Waals surface area contributed by atoms with Crippen molar-refractivity contribution in [3.63, 3.8) is 0 Å². The lowest BCUT2D eigenvalue weighted by Gasteiger charge is -2.26. The molecular weight excluding hydrogens is 280 g/mol. The van der Waals surface area contributed by atoms with E-state index >= 15 is 0 Å². The van der Waals surface area contributed by atoms with Crippen LogP contribution in [0.5, 0.6) is 5.75 Å². The van der Waals surface area contributed by atoms with Gasteiger partial charge in [0.2, 0.25) is 0 Å². The van der Waals surface area contributed by atoms with Gasteiger partial charge in [0, 0.05) is 18.7 Å². The predicted molar refractivity (Wildman–Crippen MR) is 85.8 cm³/mol. The molecule has 2 N–H and O–H groups in total. The molecule has 2 atom stereocenters. The average Bonchev–Trinajstić information content (AvgIpc) is 3.07. The lowest BCUT2D eigenvalue weighted by atomic mass is 10.1. The summed E-state index contributed by atoms with van der Waals surface area (Å²) in [6, 6.07) is 5.61. The minimum Gasteiger partial charge on any atom is -0.486 e. The van der Waals surface area contributed by atoms with E-state index in [1.54, 1.807) is 0 Å². The Bertz CT molecular complexity index is 527. The summed E-state index contributed by atoms with van der Waals surface area (Å²) in [6.07, 6.45) is 3.65. The molecule has 1 fully saturated rings. The fourth-order valence-corrected chi connectivity index (χ4v) is 2.87. The third kappa shape index (κ3) is 3.59. The number of carbonyl (C=O) groups excluding carboxylic acids is 1. The minimum absolute atomic E-state index is 0.0974. The zero-order valence-corrected chi connectivity index (χ0v) is 13.1. The maximum Gasteiger partial charge on any atom is 0.176 e. The van der Waals surface area contributed by atoms with Crippen LogP contribution >= 0.6 is 0 Å². The second-order valence-electron chi connectivity index (χ2n) is 5.93. The van der Waals surface area contributed by atoms with Gasteiger partial charge in [0.15, 0.2) is 5.78 Å². The third-order valence-corrected chi connectivity index (χ3v) is 4.25. The quantitative estimate of drug-likeness (QED) is 0.789. The van der Waals surface area contributed by atoms with E-state index < -0.39 is 0 Å². The molecule has 3 rings (SSSR count). The number of nitrogens with one attached hydrogen (secondary N) is 2. The van der Waals surface area contributed by atoms with E-state index in [1.807, 2.05) is 18.2 Å². The minimum atomic E-state index is 0.0974. The predicted octanol–water partition coefficient (Wildman–Crippen LogP) is 2.22. The van der Waals surface area contributed by atoms with E-state index in [2.05, 4.69) is 17.6 Å². The highest BCUT2D eigenvalue weighted by molar-refractivity contribution is 5.98. The molecule has 22 heavy (non-hydrogen) atoms. The molecule has 0 amide bonds. The Kier molecular flexibility index (Phi) is 4.95. The SMILES string of the molecule is CCC1CNc2cc(C(=O)CNCC3CCCO3)ccc2O1. The van der Waals surface area contributed by atoms with Crippen LogP contribution in [0.2, 0.25) is 0 Å². The van der Waals surface area contributed by atoms with Gasteiger partial charge in [-0.2, -0.15) is 0 Å². The molecule has 2 heterocycles. The highest BCUT2D eigenvalue weighted by Gasteiger charge is 2.19. The van der Waals surface area contributed by atoms with Crippen LogP contribution in [0.15, 0.2) is 18.2 Å². The fraction of sp³-hybridized carbons (Fsp3) is 0.588. The zero-order chi connectivity index (χ0) is 15.4. The maximum absolute atomic E-state index is 12.3. The highest BCUT2D eigenvalue weighted by atomic mass is 16.5. The molecule has 0 radical (unpaired) electrons. The zero-order valence-electron chi connectivity index (χ0n) is 13.1. The second kappa shape index (κ2) is 7.11. The van der Waals surface area contributed by atoms with Gasteiger partial charge in [-0.25, -0.2) is 0 Å². The number of carbonyl (C=O) groups is 1. The summed E-state index contributed by atoms with van der Waals surface area (Å²) in [4.78, 5) is 12.3. The Morgan fingerprint density at radius 2 is 2.32 bits per heavy atom. The van der Waals surface area contributed by atoms with Crippen LogP contribution in [-0.2, 0) is 4.74 Å². The van der Waals surface area contributed by atoms with Gasteiger partial charge in [-0.1, -0.05) is 6.92 Å². The number of hydrogen-bond donors (Lipinski definition) is 2. The Morgan fingerprint density at radius 3 is 3.09 bits per heavy atom. The van der Waals surface area contributed by atoms with Crippen molar-refractivity contribution in [3.05, 3.63) is 23.8 Å². The highest BCUT2D eigenvalue weighted by Crippen LogP contribution is 2.30. The van der Waals surface area contributed by atoms with E-state index in [-0.39, 0.29) is 18.0 Å². The molecule has 1 aromatic carbocycles. The van der Waals surface area contributed by atoms with Crippen LogP contribution in [0.4, 0.5) is 5.69 Å². The van der Waals surface area contributed by atoms with Crippen LogP contribution in [0.25, 0.3) is 0 Å². The van der Waals surface area contributed by atoms with Crippen molar-refractivity contribution in [1.82, 2.24) is 5.32 Å². The fourth-order valence-electron chi connectivity index (χ4n) is 2.87. The Morgan fingerprint density at radius 1 is 1.41 bits per heavy atom. The molecule has 1 saturated heterocycles. The van der Waals surface area contributed by atoms with Crippen molar-refractivity contribution in [3.8, 4) is 5.75 Å². The molecule has 0 spiro atoms. The summed E-state index contributed by atoms with van der Waals surface area (Å²) in [5.74, 6) is 0.933. The van der Waals surface area contributed by atoms with E-state index in [9.17, 15) is 4.79 Å². The molecule has 0 aliphatic carbocycles. The van der Waals surface area contributed by atoms with E-state index in [1.165, 1.54) is 0 Å².